The second kappa shape index (κ2) is 2.83. The molecule has 2 rings (SSSR count). The van der Waals surface area contributed by atoms with Gasteiger partial charge in [-0.05, 0) is 47.9 Å². The van der Waals surface area contributed by atoms with Crippen LogP contribution in [0.5, 0.6) is 0 Å². The number of aliphatic hydroxyl groups excluding tert-OH is 1. The lowest BCUT2D eigenvalue weighted by atomic mass is 9.85. The Morgan fingerprint density at radius 1 is 1.21 bits per heavy atom. The van der Waals surface area contributed by atoms with Gasteiger partial charge in [-0.1, -0.05) is 26.0 Å². The van der Waals surface area contributed by atoms with E-state index in [0.29, 0.717) is 0 Å². The fraction of sp³-hybridized carbons (Fsp3) is 0.538. The van der Waals surface area contributed by atoms with E-state index < -0.39 is 0 Å². The molecule has 1 nitrogen and oxygen atoms in total. The van der Waals surface area contributed by atoms with Crippen molar-refractivity contribution in [2.45, 2.75) is 45.6 Å². The Balaban J connectivity index is 2.64. The molecule has 0 fully saturated rings. The molecule has 1 aliphatic rings. The normalized spacial score (nSPS) is 23.6. The highest BCUT2D eigenvalue weighted by Gasteiger charge is 2.35. The Bertz CT molecular complexity index is 377. The van der Waals surface area contributed by atoms with Crippen LogP contribution in [0.4, 0.5) is 0 Å². The first kappa shape index (κ1) is 9.72. The summed E-state index contributed by atoms with van der Waals surface area (Å²) < 4.78 is 0. The van der Waals surface area contributed by atoms with Crippen LogP contribution < -0.4 is 0 Å². The smallest absolute Gasteiger partial charge is 0.0801 e. The van der Waals surface area contributed by atoms with E-state index in [2.05, 4.69) is 39.8 Å². The monoisotopic (exact) mass is 190 g/mol. The van der Waals surface area contributed by atoms with E-state index in [1.165, 1.54) is 16.7 Å². The predicted octanol–water partition coefficient (Wildman–Crippen LogP) is 3.02. The molecule has 1 heteroatoms. The average molecular weight is 190 g/mol. The highest BCUT2D eigenvalue weighted by Crippen LogP contribution is 2.45. The van der Waals surface area contributed by atoms with Gasteiger partial charge < -0.3 is 5.11 Å². The maximum absolute atomic E-state index is 9.93. The van der Waals surface area contributed by atoms with Crippen LogP contribution in [0.15, 0.2) is 12.1 Å². The summed E-state index contributed by atoms with van der Waals surface area (Å²) in [5.41, 5.74) is 5.20. The van der Waals surface area contributed by atoms with Gasteiger partial charge in [0.15, 0.2) is 0 Å². The summed E-state index contributed by atoms with van der Waals surface area (Å²) in [7, 11) is 0. The third kappa shape index (κ3) is 1.27. The number of hydrogen-bond acceptors (Lipinski definition) is 1. The molecule has 0 aromatic heterocycles. The van der Waals surface area contributed by atoms with Crippen LogP contribution in [-0.2, 0) is 5.41 Å². The molecular weight excluding hydrogens is 172 g/mol. The highest BCUT2D eigenvalue weighted by atomic mass is 16.3. The van der Waals surface area contributed by atoms with Crippen LogP contribution >= 0.6 is 0 Å². The molecule has 0 heterocycles. The quantitative estimate of drug-likeness (QED) is 0.666. The van der Waals surface area contributed by atoms with Gasteiger partial charge in [-0.25, -0.2) is 0 Å². The molecule has 1 aromatic rings. The molecule has 14 heavy (non-hydrogen) atoms. The minimum absolute atomic E-state index is 0.132. The standard InChI is InChI=1S/C13H18O/c1-8-5-10-11(6-9(8)2)13(3,4)7-12(10)14/h5-6,12,14H,7H2,1-4H3. The maximum Gasteiger partial charge on any atom is 0.0801 e. The molecular formula is C13H18O. The first-order valence-corrected chi connectivity index (χ1v) is 5.21. The molecule has 1 atom stereocenters. The van der Waals surface area contributed by atoms with Gasteiger partial charge in [-0.2, -0.15) is 0 Å². The second-order valence-corrected chi connectivity index (χ2v) is 5.13. The van der Waals surface area contributed by atoms with E-state index in [1.54, 1.807) is 0 Å². The van der Waals surface area contributed by atoms with E-state index in [-0.39, 0.29) is 11.5 Å². The third-order valence-corrected chi connectivity index (χ3v) is 3.46. The van der Waals surface area contributed by atoms with Gasteiger partial charge in [0, 0.05) is 0 Å². The van der Waals surface area contributed by atoms with Crippen molar-refractivity contribution in [1.82, 2.24) is 0 Å². The molecule has 1 unspecified atom stereocenters. The second-order valence-electron chi connectivity index (χ2n) is 5.13. The molecule has 0 aliphatic heterocycles. The van der Waals surface area contributed by atoms with Crippen molar-refractivity contribution in [3.05, 3.63) is 34.4 Å². The van der Waals surface area contributed by atoms with Crippen molar-refractivity contribution < 1.29 is 5.11 Å². The summed E-state index contributed by atoms with van der Waals surface area (Å²) in [6.07, 6.45) is 0.588. The minimum atomic E-state index is -0.265. The van der Waals surface area contributed by atoms with Crippen molar-refractivity contribution in [1.29, 1.82) is 0 Å². The van der Waals surface area contributed by atoms with Crippen LogP contribution in [0.1, 0.15) is 48.6 Å². The molecule has 0 radical (unpaired) electrons. The summed E-state index contributed by atoms with van der Waals surface area (Å²) in [4.78, 5) is 0. The number of fused-ring (bicyclic) bond motifs is 1. The van der Waals surface area contributed by atoms with Crippen molar-refractivity contribution in [2.24, 2.45) is 0 Å². The molecule has 0 amide bonds. The number of benzene rings is 1. The summed E-state index contributed by atoms with van der Waals surface area (Å²) in [5.74, 6) is 0. The van der Waals surface area contributed by atoms with Crippen molar-refractivity contribution in [2.75, 3.05) is 0 Å². The third-order valence-electron chi connectivity index (χ3n) is 3.46. The minimum Gasteiger partial charge on any atom is -0.388 e. The number of aryl methyl sites for hydroxylation is 2. The largest absolute Gasteiger partial charge is 0.388 e. The fourth-order valence-corrected chi connectivity index (χ4v) is 2.40. The lowest BCUT2D eigenvalue weighted by Crippen LogP contribution is -2.12. The topological polar surface area (TPSA) is 20.2 Å². The maximum atomic E-state index is 9.93. The average Bonchev–Trinajstić information content (AvgIpc) is 2.26. The summed E-state index contributed by atoms with van der Waals surface area (Å²) in [6.45, 7) is 8.65. The molecule has 0 saturated carbocycles. The van der Waals surface area contributed by atoms with Gasteiger partial charge in [-0.3, -0.25) is 0 Å². The number of hydrogen-bond donors (Lipinski definition) is 1. The van der Waals surface area contributed by atoms with E-state index in [4.69, 9.17) is 0 Å². The van der Waals surface area contributed by atoms with Crippen LogP contribution in [0.2, 0.25) is 0 Å². The zero-order valence-corrected chi connectivity index (χ0v) is 9.39. The molecule has 1 aliphatic carbocycles. The summed E-state index contributed by atoms with van der Waals surface area (Å²) >= 11 is 0. The first-order valence-electron chi connectivity index (χ1n) is 5.21. The van der Waals surface area contributed by atoms with Crippen LogP contribution in [0.25, 0.3) is 0 Å². The lowest BCUT2D eigenvalue weighted by Gasteiger charge is -2.19. The van der Waals surface area contributed by atoms with Gasteiger partial charge in [0.2, 0.25) is 0 Å². The van der Waals surface area contributed by atoms with Crippen LogP contribution in [0.3, 0.4) is 0 Å². The molecule has 76 valence electrons. The van der Waals surface area contributed by atoms with Crippen molar-refractivity contribution >= 4 is 0 Å². The van der Waals surface area contributed by atoms with Gasteiger partial charge >= 0.3 is 0 Å². The molecule has 0 bridgehead atoms. The van der Waals surface area contributed by atoms with Gasteiger partial charge in [0.1, 0.15) is 0 Å². The predicted molar refractivity (Wildman–Crippen MR) is 58.5 cm³/mol. The number of aliphatic hydroxyl groups is 1. The van der Waals surface area contributed by atoms with Crippen molar-refractivity contribution in [3.63, 3.8) is 0 Å². The van der Waals surface area contributed by atoms with Gasteiger partial charge in [0.05, 0.1) is 6.10 Å². The van der Waals surface area contributed by atoms with E-state index in [0.717, 1.165) is 12.0 Å². The Morgan fingerprint density at radius 3 is 2.43 bits per heavy atom. The number of rotatable bonds is 0. The van der Waals surface area contributed by atoms with Gasteiger partial charge in [-0.15, -0.1) is 0 Å². The van der Waals surface area contributed by atoms with Crippen LogP contribution in [0, 0.1) is 13.8 Å². The van der Waals surface area contributed by atoms with E-state index >= 15 is 0 Å². The van der Waals surface area contributed by atoms with Crippen molar-refractivity contribution in [3.8, 4) is 0 Å². The zero-order chi connectivity index (χ0) is 10.5. The Kier molecular flexibility index (Phi) is 1.97. The van der Waals surface area contributed by atoms with Gasteiger partial charge in [0.25, 0.3) is 0 Å². The summed E-state index contributed by atoms with van der Waals surface area (Å²) in [5, 5.41) is 9.93. The zero-order valence-electron chi connectivity index (χ0n) is 9.39. The Labute approximate surface area is 85.8 Å². The Morgan fingerprint density at radius 2 is 1.79 bits per heavy atom. The molecule has 0 spiro atoms. The SMILES string of the molecule is Cc1cc2c(cc1C)C(C)(C)CC2O. The molecule has 1 aromatic carbocycles. The summed E-state index contributed by atoms with van der Waals surface area (Å²) in [6, 6.07) is 4.38. The van der Waals surface area contributed by atoms with E-state index in [1.807, 2.05) is 0 Å². The Hall–Kier alpha value is -0.820. The molecule has 1 N–H and O–H groups in total. The first-order chi connectivity index (χ1) is 6.42. The lowest BCUT2D eigenvalue weighted by molar-refractivity contribution is 0.161. The van der Waals surface area contributed by atoms with Crippen LogP contribution in [-0.4, -0.2) is 5.11 Å². The fourth-order valence-electron chi connectivity index (χ4n) is 2.40. The molecule has 0 saturated heterocycles. The van der Waals surface area contributed by atoms with E-state index in [9.17, 15) is 5.11 Å². The highest BCUT2D eigenvalue weighted by molar-refractivity contribution is 5.45.